The van der Waals surface area contributed by atoms with Crippen molar-refractivity contribution in [1.29, 1.82) is 0 Å². The summed E-state index contributed by atoms with van der Waals surface area (Å²) in [4.78, 5) is 1.45. The zero-order valence-corrected chi connectivity index (χ0v) is 17.5. The summed E-state index contributed by atoms with van der Waals surface area (Å²) in [7, 11) is 3.27. The van der Waals surface area contributed by atoms with Crippen LogP contribution in [-0.2, 0) is 19.3 Å². The van der Waals surface area contributed by atoms with E-state index in [1.165, 1.54) is 23.3 Å². The van der Waals surface area contributed by atoms with Crippen molar-refractivity contribution in [2.45, 2.75) is 31.8 Å². The van der Waals surface area contributed by atoms with Crippen molar-refractivity contribution in [2.75, 3.05) is 33.9 Å². The summed E-state index contributed by atoms with van der Waals surface area (Å²) in [6.07, 6.45) is 3.83. The van der Waals surface area contributed by atoms with Crippen LogP contribution >= 0.6 is 23.7 Å². The van der Waals surface area contributed by atoms with Crippen LogP contribution in [0.2, 0.25) is 0 Å². The molecule has 1 aromatic carbocycles. The van der Waals surface area contributed by atoms with Crippen molar-refractivity contribution in [3.63, 3.8) is 0 Å². The minimum atomic E-state index is -0.516. The molecule has 2 aromatic rings. The molecule has 1 aromatic heterocycles. The molecule has 7 heteroatoms. The van der Waals surface area contributed by atoms with Crippen LogP contribution in [0.1, 0.15) is 22.4 Å². The number of aryl methyl sites for hydroxylation is 1. The number of thiophene rings is 1. The van der Waals surface area contributed by atoms with Crippen LogP contribution in [-0.4, -0.2) is 45.1 Å². The Morgan fingerprint density at radius 3 is 2.74 bits per heavy atom. The molecule has 0 bridgehead atoms. The van der Waals surface area contributed by atoms with E-state index < -0.39 is 6.10 Å². The third-order valence-electron chi connectivity index (χ3n) is 4.62. The first-order chi connectivity index (χ1) is 12.7. The van der Waals surface area contributed by atoms with Gasteiger partial charge in [-0.3, -0.25) is 0 Å². The molecule has 1 aliphatic carbocycles. The highest BCUT2D eigenvalue weighted by Crippen LogP contribution is 2.36. The fourth-order valence-electron chi connectivity index (χ4n) is 3.21. The van der Waals surface area contributed by atoms with Crippen LogP contribution in [0.3, 0.4) is 0 Å². The van der Waals surface area contributed by atoms with Crippen molar-refractivity contribution in [2.24, 2.45) is 0 Å². The molecule has 3 rings (SSSR count). The summed E-state index contributed by atoms with van der Waals surface area (Å²) >= 11 is 1.77. The molecular formula is C20H28ClNO4S. The molecule has 1 heterocycles. The molecule has 27 heavy (non-hydrogen) atoms. The first-order valence-electron chi connectivity index (χ1n) is 9.03. The molecule has 5 nitrogen and oxygen atoms in total. The molecule has 0 aliphatic heterocycles. The van der Waals surface area contributed by atoms with Crippen LogP contribution in [0.25, 0.3) is 0 Å². The summed E-state index contributed by atoms with van der Waals surface area (Å²) in [5.74, 6) is 2.44. The van der Waals surface area contributed by atoms with Gasteiger partial charge in [0.25, 0.3) is 0 Å². The Balaban J connectivity index is 0.00000261. The van der Waals surface area contributed by atoms with Gasteiger partial charge in [0.05, 0.1) is 14.2 Å². The quantitative estimate of drug-likeness (QED) is 0.585. The minimum absolute atomic E-state index is 0. The van der Waals surface area contributed by atoms with Gasteiger partial charge in [-0.15, -0.1) is 23.7 Å². The molecule has 0 amide bonds. The maximum absolute atomic E-state index is 10.1. The van der Waals surface area contributed by atoms with E-state index in [0.717, 1.165) is 42.2 Å². The second kappa shape index (κ2) is 10.8. The number of aliphatic hydroxyl groups excluding tert-OH is 1. The molecular weight excluding hydrogens is 386 g/mol. The molecule has 0 fully saturated rings. The largest absolute Gasteiger partial charge is 0.493 e. The van der Waals surface area contributed by atoms with Crippen molar-refractivity contribution in [1.82, 2.24) is 5.32 Å². The SMILES string of the molecule is COc1ccc(CCNCC(O)COc2csc3c2CCC3)cc1OC.Cl. The van der Waals surface area contributed by atoms with E-state index in [0.29, 0.717) is 13.2 Å². The van der Waals surface area contributed by atoms with Crippen LogP contribution < -0.4 is 19.5 Å². The number of fused-ring (bicyclic) bond motifs is 1. The number of benzene rings is 1. The van der Waals surface area contributed by atoms with E-state index in [4.69, 9.17) is 14.2 Å². The van der Waals surface area contributed by atoms with Crippen molar-refractivity contribution < 1.29 is 19.3 Å². The number of hydrogen-bond donors (Lipinski definition) is 2. The average molecular weight is 414 g/mol. The second-order valence-corrected chi connectivity index (χ2v) is 7.43. The lowest BCUT2D eigenvalue weighted by Gasteiger charge is -2.14. The van der Waals surface area contributed by atoms with E-state index in [-0.39, 0.29) is 12.4 Å². The summed E-state index contributed by atoms with van der Waals surface area (Å²) in [5, 5.41) is 15.5. The van der Waals surface area contributed by atoms with Gasteiger partial charge < -0.3 is 24.6 Å². The number of ether oxygens (including phenoxy) is 3. The summed E-state index contributed by atoms with van der Waals surface area (Å²) < 4.78 is 16.4. The Bertz CT molecular complexity index is 722. The molecule has 0 saturated carbocycles. The average Bonchev–Trinajstić information content (AvgIpc) is 3.27. The third kappa shape index (κ3) is 5.75. The lowest BCUT2D eigenvalue weighted by Crippen LogP contribution is -2.32. The number of hydrogen-bond acceptors (Lipinski definition) is 6. The first kappa shape index (κ1) is 21.8. The Labute approximate surface area is 171 Å². The Morgan fingerprint density at radius 1 is 1.15 bits per heavy atom. The van der Waals surface area contributed by atoms with Crippen LogP contribution in [0.4, 0.5) is 0 Å². The Hall–Kier alpha value is -1.47. The molecule has 0 spiro atoms. The van der Waals surface area contributed by atoms with Gasteiger partial charge in [-0.25, -0.2) is 0 Å². The summed E-state index contributed by atoms with van der Waals surface area (Å²) in [6.45, 7) is 1.62. The second-order valence-electron chi connectivity index (χ2n) is 6.46. The van der Waals surface area contributed by atoms with Gasteiger partial charge in [-0.05, 0) is 49.9 Å². The number of aliphatic hydroxyl groups is 1. The van der Waals surface area contributed by atoms with Crippen LogP contribution in [0.5, 0.6) is 17.2 Å². The zero-order valence-electron chi connectivity index (χ0n) is 15.8. The van der Waals surface area contributed by atoms with E-state index in [9.17, 15) is 5.11 Å². The normalized spacial score (nSPS) is 13.6. The van der Waals surface area contributed by atoms with Crippen molar-refractivity contribution in [3.05, 3.63) is 39.6 Å². The fraction of sp³-hybridized carbons (Fsp3) is 0.500. The van der Waals surface area contributed by atoms with Crippen LogP contribution in [0, 0.1) is 0 Å². The predicted molar refractivity (Wildman–Crippen MR) is 111 cm³/mol. The number of halogens is 1. The maximum atomic E-state index is 10.1. The number of nitrogens with one attached hydrogen (secondary N) is 1. The number of rotatable bonds is 10. The van der Waals surface area contributed by atoms with Gasteiger partial charge in [-0.1, -0.05) is 6.07 Å². The van der Waals surface area contributed by atoms with Gasteiger partial charge in [-0.2, -0.15) is 0 Å². The summed E-state index contributed by atoms with van der Waals surface area (Å²) in [5.41, 5.74) is 2.51. The topological polar surface area (TPSA) is 60.0 Å². The minimum Gasteiger partial charge on any atom is -0.493 e. The lowest BCUT2D eigenvalue weighted by atomic mass is 10.1. The predicted octanol–water partition coefficient (Wildman–Crippen LogP) is 3.25. The van der Waals surface area contributed by atoms with E-state index in [1.54, 1.807) is 25.6 Å². The van der Waals surface area contributed by atoms with Gasteiger partial charge in [0.15, 0.2) is 11.5 Å². The van der Waals surface area contributed by atoms with E-state index in [2.05, 4.69) is 10.7 Å². The molecule has 1 aliphatic rings. The first-order valence-corrected chi connectivity index (χ1v) is 9.91. The smallest absolute Gasteiger partial charge is 0.160 e. The highest BCUT2D eigenvalue weighted by Gasteiger charge is 2.18. The highest BCUT2D eigenvalue weighted by molar-refractivity contribution is 7.10. The molecule has 1 atom stereocenters. The molecule has 150 valence electrons. The molecule has 0 radical (unpaired) electrons. The molecule has 2 N–H and O–H groups in total. The van der Waals surface area contributed by atoms with Crippen molar-refractivity contribution >= 4 is 23.7 Å². The zero-order chi connectivity index (χ0) is 18.4. The fourth-order valence-corrected chi connectivity index (χ4v) is 4.27. The van der Waals surface area contributed by atoms with Gasteiger partial charge in [0, 0.05) is 22.4 Å². The molecule has 0 saturated heterocycles. The van der Waals surface area contributed by atoms with Gasteiger partial charge in [0.1, 0.15) is 18.5 Å². The van der Waals surface area contributed by atoms with E-state index in [1.807, 2.05) is 18.2 Å². The van der Waals surface area contributed by atoms with E-state index >= 15 is 0 Å². The number of methoxy groups -OCH3 is 2. The van der Waals surface area contributed by atoms with Crippen molar-refractivity contribution in [3.8, 4) is 17.2 Å². The Morgan fingerprint density at radius 2 is 1.96 bits per heavy atom. The van der Waals surface area contributed by atoms with Gasteiger partial charge >= 0.3 is 0 Å². The highest BCUT2D eigenvalue weighted by atomic mass is 35.5. The Kier molecular flexibility index (Phi) is 8.70. The third-order valence-corrected chi connectivity index (χ3v) is 5.69. The standard InChI is InChI=1S/C20H27NO4S.ClH/c1-23-17-7-6-14(10-18(17)24-2)8-9-21-11-15(22)12-25-19-13-26-20-5-3-4-16(19)20;/h6-7,10,13,15,21-22H,3-5,8-9,11-12H2,1-2H3;1H. The molecule has 1 unspecified atom stereocenters. The lowest BCUT2D eigenvalue weighted by molar-refractivity contribution is 0.106. The van der Waals surface area contributed by atoms with Crippen LogP contribution in [0.15, 0.2) is 23.6 Å². The monoisotopic (exact) mass is 413 g/mol. The summed E-state index contributed by atoms with van der Waals surface area (Å²) in [6, 6.07) is 5.92. The van der Waals surface area contributed by atoms with Gasteiger partial charge in [0.2, 0.25) is 0 Å². The maximum Gasteiger partial charge on any atom is 0.160 e.